The van der Waals surface area contributed by atoms with Crippen molar-refractivity contribution >= 4 is 37.5 Å². The number of hydrogen-bond donors (Lipinski definition) is 2. The van der Waals surface area contributed by atoms with Crippen molar-refractivity contribution in [2.75, 3.05) is 24.6 Å². The number of hydrazone groups is 1. The van der Waals surface area contributed by atoms with Gasteiger partial charge in [-0.3, -0.25) is 0 Å². The van der Waals surface area contributed by atoms with Crippen LogP contribution in [0.4, 0.5) is 5.69 Å². The zero-order valence-electron chi connectivity index (χ0n) is 16.1. The number of amides is 1. The first-order valence-electron chi connectivity index (χ1n) is 9.74. The molecular weight excluding hydrogens is 431 g/mol. The first-order chi connectivity index (χ1) is 14.2. The minimum atomic E-state index is -0.323. The number of fused-ring (bicyclic) bond motifs is 3. The van der Waals surface area contributed by atoms with Gasteiger partial charge in [-0.15, -0.1) is 0 Å². The van der Waals surface area contributed by atoms with Gasteiger partial charge in [0.2, 0.25) is 0 Å². The van der Waals surface area contributed by atoms with Crippen LogP contribution in [0.1, 0.15) is 12.5 Å². The molecule has 0 aromatic heterocycles. The standard InChI is InChI=1S/C21H22AsN4O3/c1-13-21(27)25-24-20-12-29-19-8-18(28-11-14-5-3-2-4-6-14)16(7-17(19)26(13)20)22-15-9-23-10-15/h2-8,13,15,23H,9-12H2,1H3,(H,25,27). The SMILES string of the molecule is CC1C(=O)NN=C2COc3cc(OCc4ccccc4)c([As]C4CNC4)cc3N21. The Balaban J connectivity index is 1.49. The Morgan fingerprint density at radius 3 is 2.86 bits per heavy atom. The molecule has 2 aromatic carbocycles. The maximum absolute atomic E-state index is 12.2. The van der Waals surface area contributed by atoms with Crippen molar-refractivity contribution in [1.29, 1.82) is 0 Å². The first kappa shape index (κ1) is 18.5. The Bertz CT molecular complexity index is 962. The molecule has 3 aliphatic rings. The Kier molecular flexibility index (Phi) is 4.94. The van der Waals surface area contributed by atoms with Crippen LogP contribution < -0.4 is 29.5 Å². The summed E-state index contributed by atoms with van der Waals surface area (Å²) < 4.78 is 14.1. The molecule has 5 rings (SSSR count). The number of carbonyl (C=O) groups is 1. The molecule has 0 aliphatic carbocycles. The van der Waals surface area contributed by atoms with Gasteiger partial charge in [-0.2, -0.15) is 0 Å². The second-order valence-electron chi connectivity index (χ2n) is 7.34. The van der Waals surface area contributed by atoms with Crippen LogP contribution in [-0.2, 0) is 11.4 Å². The van der Waals surface area contributed by atoms with E-state index in [1.165, 1.54) is 4.35 Å². The molecule has 2 N–H and O–H groups in total. The fraction of sp³-hybridized carbons (Fsp3) is 0.333. The van der Waals surface area contributed by atoms with Crippen LogP contribution in [0.5, 0.6) is 11.5 Å². The number of carbonyl (C=O) groups excluding carboxylic acids is 1. The molecule has 1 unspecified atom stereocenters. The van der Waals surface area contributed by atoms with Gasteiger partial charge in [-0.1, -0.05) is 0 Å². The summed E-state index contributed by atoms with van der Waals surface area (Å²) in [6.07, 6.45) is 0. The van der Waals surface area contributed by atoms with Crippen molar-refractivity contribution in [2.24, 2.45) is 5.10 Å². The third-order valence-electron chi connectivity index (χ3n) is 5.32. The monoisotopic (exact) mass is 453 g/mol. The summed E-state index contributed by atoms with van der Waals surface area (Å²) in [6, 6.07) is 14.0. The fourth-order valence-corrected chi connectivity index (χ4v) is 6.26. The van der Waals surface area contributed by atoms with Gasteiger partial charge in [0.25, 0.3) is 0 Å². The molecule has 0 spiro atoms. The van der Waals surface area contributed by atoms with Crippen LogP contribution in [0.25, 0.3) is 0 Å². The number of nitrogens with zero attached hydrogens (tertiary/aromatic N) is 2. The minimum absolute atomic E-state index is 0.0616. The zero-order chi connectivity index (χ0) is 19.8. The van der Waals surface area contributed by atoms with E-state index in [-0.39, 0.29) is 27.7 Å². The molecule has 1 saturated heterocycles. The predicted molar refractivity (Wildman–Crippen MR) is 112 cm³/mol. The van der Waals surface area contributed by atoms with E-state index >= 15 is 0 Å². The summed E-state index contributed by atoms with van der Waals surface area (Å²) in [7, 11) is 0. The Morgan fingerprint density at radius 2 is 2.10 bits per heavy atom. The molecular formula is C21H22AsN4O3. The summed E-state index contributed by atoms with van der Waals surface area (Å²) in [5, 5.41) is 7.54. The number of nitrogens with one attached hydrogen (secondary N) is 2. The fourth-order valence-electron chi connectivity index (χ4n) is 3.56. The maximum atomic E-state index is 12.2. The zero-order valence-corrected chi connectivity index (χ0v) is 18.0. The van der Waals surface area contributed by atoms with Crippen molar-refractivity contribution in [2.45, 2.75) is 24.3 Å². The molecule has 0 saturated carbocycles. The van der Waals surface area contributed by atoms with E-state index in [1.807, 2.05) is 36.1 Å². The Morgan fingerprint density at radius 1 is 1.28 bits per heavy atom. The van der Waals surface area contributed by atoms with E-state index in [0.717, 1.165) is 41.7 Å². The van der Waals surface area contributed by atoms with Gasteiger partial charge in [0.05, 0.1) is 0 Å². The van der Waals surface area contributed by atoms with Crippen molar-refractivity contribution in [3.8, 4) is 11.5 Å². The molecule has 1 radical (unpaired) electrons. The number of hydrogen-bond acceptors (Lipinski definition) is 6. The van der Waals surface area contributed by atoms with Crippen molar-refractivity contribution in [3.05, 3.63) is 48.0 Å². The van der Waals surface area contributed by atoms with E-state index in [9.17, 15) is 4.79 Å². The van der Waals surface area contributed by atoms with E-state index in [4.69, 9.17) is 9.47 Å². The number of ether oxygens (including phenoxy) is 2. The molecule has 1 fully saturated rings. The summed E-state index contributed by atoms with van der Waals surface area (Å²) in [6.45, 7) is 4.85. The number of rotatable bonds is 5. The average molecular weight is 453 g/mol. The second-order valence-corrected chi connectivity index (χ2v) is 10.4. The summed E-state index contributed by atoms with van der Waals surface area (Å²) in [5.41, 5.74) is 4.62. The number of anilines is 1. The van der Waals surface area contributed by atoms with Crippen LogP contribution in [0.15, 0.2) is 47.6 Å². The normalized spacial score (nSPS) is 21.0. The molecule has 3 heterocycles. The molecule has 8 heteroatoms. The third-order valence-corrected chi connectivity index (χ3v) is 8.16. The van der Waals surface area contributed by atoms with Gasteiger partial charge in [0.15, 0.2) is 0 Å². The molecule has 1 atom stereocenters. The average Bonchev–Trinajstić information content (AvgIpc) is 2.72. The van der Waals surface area contributed by atoms with Gasteiger partial charge in [0.1, 0.15) is 0 Å². The van der Waals surface area contributed by atoms with E-state index in [1.54, 1.807) is 0 Å². The van der Waals surface area contributed by atoms with Crippen LogP contribution in [0.3, 0.4) is 0 Å². The molecule has 29 heavy (non-hydrogen) atoms. The topological polar surface area (TPSA) is 75.2 Å². The van der Waals surface area contributed by atoms with Gasteiger partial charge in [0, 0.05) is 0 Å². The molecule has 149 valence electrons. The molecule has 2 aromatic rings. The number of amidine groups is 1. The quantitative estimate of drug-likeness (QED) is 0.662. The number of benzene rings is 2. The van der Waals surface area contributed by atoms with Gasteiger partial charge in [-0.05, 0) is 0 Å². The Hall–Kier alpha value is -2.50. The summed E-state index contributed by atoms with van der Waals surface area (Å²) in [4.78, 5) is 14.2. The third kappa shape index (κ3) is 3.60. The summed E-state index contributed by atoms with van der Waals surface area (Å²) in [5.74, 6) is 2.25. The van der Waals surface area contributed by atoms with E-state index < -0.39 is 0 Å². The van der Waals surface area contributed by atoms with Crippen LogP contribution in [0, 0.1) is 0 Å². The summed E-state index contributed by atoms with van der Waals surface area (Å²) >= 11 is -0.0616. The van der Waals surface area contributed by atoms with Gasteiger partial charge >= 0.3 is 176 Å². The Labute approximate surface area is 176 Å². The predicted octanol–water partition coefficient (Wildman–Crippen LogP) is 1.02. The first-order valence-corrected chi connectivity index (χ1v) is 11.8. The second kappa shape index (κ2) is 7.73. The van der Waals surface area contributed by atoms with Crippen LogP contribution >= 0.6 is 0 Å². The van der Waals surface area contributed by atoms with E-state index in [2.05, 4.69) is 34.0 Å². The molecule has 3 aliphatic heterocycles. The van der Waals surface area contributed by atoms with E-state index in [0.29, 0.717) is 17.9 Å². The van der Waals surface area contributed by atoms with Gasteiger partial charge < -0.3 is 0 Å². The molecule has 1 amide bonds. The van der Waals surface area contributed by atoms with Gasteiger partial charge in [-0.25, -0.2) is 0 Å². The van der Waals surface area contributed by atoms with Crippen LogP contribution in [0.2, 0.25) is 4.71 Å². The molecule has 0 bridgehead atoms. The molecule has 7 nitrogen and oxygen atoms in total. The van der Waals surface area contributed by atoms with Crippen molar-refractivity contribution in [1.82, 2.24) is 10.7 Å². The van der Waals surface area contributed by atoms with Crippen LogP contribution in [-0.4, -0.2) is 53.2 Å². The van der Waals surface area contributed by atoms with Crippen molar-refractivity contribution < 1.29 is 14.3 Å². The van der Waals surface area contributed by atoms with Crippen molar-refractivity contribution in [3.63, 3.8) is 0 Å².